The molecule has 1 aromatic rings. The molecule has 0 radical (unpaired) electrons. The van der Waals surface area contributed by atoms with Crippen molar-refractivity contribution in [2.45, 2.75) is 39.2 Å². The Labute approximate surface area is 157 Å². The van der Waals surface area contributed by atoms with E-state index in [4.69, 9.17) is 0 Å². The zero-order chi connectivity index (χ0) is 19.7. The second kappa shape index (κ2) is 7.53. The first-order valence-electron chi connectivity index (χ1n) is 8.97. The van der Waals surface area contributed by atoms with E-state index in [-0.39, 0.29) is 29.5 Å². The fourth-order valence-electron chi connectivity index (χ4n) is 3.78. The molecule has 2 rings (SSSR count). The molecule has 5 nitrogen and oxygen atoms in total. The van der Waals surface area contributed by atoms with Gasteiger partial charge in [-0.3, -0.25) is 9.69 Å². The third-order valence-corrected chi connectivity index (χ3v) is 6.26. The zero-order valence-corrected chi connectivity index (χ0v) is 17.4. The van der Waals surface area contributed by atoms with E-state index in [1.165, 1.54) is 11.8 Å². The second-order valence-corrected chi connectivity index (χ2v) is 9.89. The summed E-state index contributed by atoms with van der Waals surface area (Å²) in [6, 6.07) is 7.99. The van der Waals surface area contributed by atoms with Crippen LogP contribution in [0, 0.1) is 0 Å². The number of sulfone groups is 1. The number of carbonyl (C=O) groups is 1. The zero-order valence-electron chi connectivity index (χ0n) is 16.6. The molecule has 0 saturated heterocycles. The lowest BCUT2D eigenvalue weighted by Gasteiger charge is -2.27. The van der Waals surface area contributed by atoms with Crippen LogP contribution < -0.4 is 4.90 Å². The van der Waals surface area contributed by atoms with Crippen molar-refractivity contribution < 1.29 is 13.2 Å². The van der Waals surface area contributed by atoms with E-state index in [0.717, 1.165) is 11.4 Å². The number of rotatable bonds is 7. The molecule has 1 atom stereocenters. The molecule has 1 heterocycles. The van der Waals surface area contributed by atoms with E-state index < -0.39 is 9.84 Å². The normalized spacial score (nSPS) is 19.0. The van der Waals surface area contributed by atoms with Gasteiger partial charge < -0.3 is 4.90 Å². The summed E-state index contributed by atoms with van der Waals surface area (Å²) >= 11 is 0. The Morgan fingerprint density at radius 2 is 1.92 bits per heavy atom. The molecule has 1 aliphatic heterocycles. The Hall–Kier alpha value is -1.66. The molecule has 0 saturated carbocycles. The van der Waals surface area contributed by atoms with Gasteiger partial charge >= 0.3 is 0 Å². The van der Waals surface area contributed by atoms with Gasteiger partial charge in [-0.1, -0.05) is 39.0 Å². The standard InChI is InChI=1S/C20H30N2O3S/c1-7-22(15(2)14-26(6,24)25)13-16(23)12-19-20(3,4)17-10-8-9-11-18(17)21(19)5/h8-12,15H,7,13-14H2,1-6H3/b19-12-. The summed E-state index contributed by atoms with van der Waals surface area (Å²) in [6.45, 7) is 8.89. The average molecular weight is 379 g/mol. The van der Waals surface area contributed by atoms with E-state index in [1.807, 2.05) is 37.9 Å². The van der Waals surface area contributed by atoms with Crippen LogP contribution in [-0.2, 0) is 20.0 Å². The Morgan fingerprint density at radius 3 is 2.46 bits per heavy atom. The summed E-state index contributed by atoms with van der Waals surface area (Å²) in [5.74, 6) is 0.0524. The maximum atomic E-state index is 12.7. The molecule has 1 aromatic carbocycles. The van der Waals surface area contributed by atoms with Gasteiger partial charge in [-0.15, -0.1) is 0 Å². The fraction of sp³-hybridized carbons (Fsp3) is 0.550. The van der Waals surface area contributed by atoms with Crippen molar-refractivity contribution in [2.75, 3.05) is 37.0 Å². The minimum atomic E-state index is -3.08. The van der Waals surface area contributed by atoms with Crippen molar-refractivity contribution in [2.24, 2.45) is 0 Å². The number of allylic oxidation sites excluding steroid dienone is 1. The van der Waals surface area contributed by atoms with Crippen LogP contribution in [0.2, 0.25) is 0 Å². The van der Waals surface area contributed by atoms with Gasteiger partial charge in [0.2, 0.25) is 0 Å². The molecule has 0 amide bonds. The largest absolute Gasteiger partial charge is 0.347 e. The number of ketones is 1. The van der Waals surface area contributed by atoms with Crippen LogP contribution in [0.3, 0.4) is 0 Å². The summed E-state index contributed by atoms with van der Waals surface area (Å²) < 4.78 is 23.1. The van der Waals surface area contributed by atoms with Crippen LogP contribution in [0.4, 0.5) is 5.69 Å². The van der Waals surface area contributed by atoms with Gasteiger partial charge in [0, 0.05) is 42.2 Å². The second-order valence-electron chi connectivity index (χ2n) is 7.70. The van der Waals surface area contributed by atoms with Gasteiger partial charge in [-0.25, -0.2) is 8.42 Å². The van der Waals surface area contributed by atoms with Crippen molar-refractivity contribution in [1.29, 1.82) is 0 Å². The van der Waals surface area contributed by atoms with Crippen LogP contribution in [0.25, 0.3) is 0 Å². The van der Waals surface area contributed by atoms with Crippen molar-refractivity contribution in [1.82, 2.24) is 4.90 Å². The van der Waals surface area contributed by atoms with Gasteiger partial charge in [0.1, 0.15) is 9.84 Å². The topological polar surface area (TPSA) is 57.7 Å². The Kier molecular flexibility index (Phi) is 5.98. The lowest BCUT2D eigenvalue weighted by atomic mass is 9.83. The number of likely N-dealkylation sites (N-methyl/N-ethyl adjacent to an activating group) is 2. The van der Waals surface area contributed by atoms with Gasteiger partial charge in [0.05, 0.1) is 12.3 Å². The van der Waals surface area contributed by atoms with E-state index in [2.05, 4.69) is 30.9 Å². The van der Waals surface area contributed by atoms with Crippen LogP contribution >= 0.6 is 0 Å². The highest BCUT2D eigenvalue weighted by Gasteiger charge is 2.38. The highest BCUT2D eigenvalue weighted by Crippen LogP contribution is 2.46. The summed E-state index contributed by atoms with van der Waals surface area (Å²) in [5, 5.41) is 0. The van der Waals surface area contributed by atoms with Crippen LogP contribution in [0.5, 0.6) is 0 Å². The fourth-order valence-corrected chi connectivity index (χ4v) is 4.87. The monoisotopic (exact) mass is 378 g/mol. The van der Waals surface area contributed by atoms with Crippen LogP contribution in [0.15, 0.2) is 36.0 Å². The van der Waals surface area contributed by atoms with Crippen LogP contribution in [0.1, 0.15) is 33.3 Å². The molecule has 1 unspecified atom stereocenters. The summed E-state index contributed by atoms with van der Waals surface area (Å²) in [6.07, 6.45) is 2.95. The van der Waals surface area contributed by atoms with Gasteiger partial charge in [-0.2, -0.15) is 0 Å². The lowest BCUT2D eigenvalue weighted by Crippen LogP contribution is -2.41. The molecule has 0 spiro atoms. The smallest absolute Gasteiger partial charge is 0.171 e. The number of nitrogens with zero attached hydrogens (tertiary/aromatic N) is 2. The molecule has 26 heavy (non-hydrogen) atoms. The molecular weight excluding hydrogens is 348 g/mol. The highest BCUT2D eigenvalue weighted by molar-refractivity contribution is 7.90. The Balaban J connectivity index is 2.20. The average Bonchev–Trinajstić information content (AvgIpc) is 2.72. The molecule has 0 fully saturated rings. The van der Waals surface area contributed by atoms with Gasteiger partial charge in [-0.05, 0) is 25.1 Å². The number of benzene rings is 1. The van der Waals surface area contributed by atoms with E-state index in [0.29, 0.717) is 6.54 Å². The Morgan fingerprint density at radius 1 is 1.31 bits per heavy atom. The molecule has 6 heteroatoms. The highest BCUT2D eigenvalue weighted by atomic mass is 32.2. The summed E-state index contributed by atoms with van der Waals surface area (Å²) in [5.41, 5.74) is 3.06. The SMILES string of the molecule is CCN(CC(=O)/C=C1\N(C)c2ccccc2C1(C)C)C(C)CS(C)(=O)=O. The minimum absolute atomic E-state index is 0.00469. The minimum Gasteiger partial charge on any atom is -0.347 e. The van der Waals surface area contributed by atoms with Crippen molar-refractivity contribution >= 4 is 21.3 Å². The van der Waals surface area contributed by atoms with Gasteiger partial charge in [0.15, 0.2) is 5.78 Å². The number of hydrogen-bond acceptors (Lipinski definition) is 5. The maximum absolute atomic E-state index is 12.7. The van der Waals surface area contributed by atoms with Crippen molar-refractivity contribution in [3.05, 3.63) is 41.6 Å². The van der Waals surface area contributed by atoms with Crippen molar-refractivity contribution in [3.63, 3.8) is 0 Å². The number of hydrogen-bond donors (Lipinski definition) is 0. The van der Waals surface area contributed by atoms with Gasteiger partial charge in [0.25, 0.3) is 0 Å². The first-order valence-corrected chi connectivity index (χ1v) is 11.0. The molecule has 0 aromatic heterocycles. The molecule has 1 aliphatic rings. The Bertz CT molecular complexity index is 812. The quantitative estimate of drug-likeness (QED) is 0.683. The molecular formula is C20H30N2O3S. The summed E-state index contributed by atoms with van der Waals surface area (Å²) in [7, 11) is -1.09. The first kappa shape index (κ1) is 20.6. The predicted molar refractivity (Wildman–Crippen MR) is 107 cm³/mol. The third-order valence-electron chi connectivity index (χ3n) is 5.17. The number of para-hydroxylation sites is 1. The number of carbonyl (C=O) groups excluding carboxylic acids is 1. The number of fused-ring (bicyclic) bond motifs is 1. The van der Waals surface area contributed by atoms with Crippen LogP contribution in [-0.4, -0.2) is 57.3 Å². The van der Waals surface area contributed by atoms with E-state index >= 15 is 0 Å². The maximum Gasteiger partial charge on any atom is 0.171 e. The molecule has 0 aliphatic carbocycles. The molecule has 0 bridgehead atoms. The number of anilines is 1. The third kappa shape index (κ3) is 4.35. The lowest BCUT2D eigenvalue weighted by molar-refractivity contribution is -0.116. The summed E-state index contributed by atoms with van der Waals surface area (Å²) in [4.78, 5) is 16.7. The first-order chi connectivity index (χ1) is 12.0. The predicted octanol–water partition coefficient (Wildman–Crippen LogP) is 2.62. The molecule has 144 valence electrons. The van der Waals surface area contributed by atoms with Crippen molar-refractivity contribution in [3.8, 4) is 0 Å². The van der Waals surface area contributed by atoms with E-state index in [1.54, 1.807) is 6.08 Å². The van der Waals surface area contributed by atoms with E-state index in [9.17, 15) is 13.2 Å². The molecule has 0 N–H and O–H groups in total.